The number of hydrogen-bond acceptors (Lipinski definition) is 2. The Morgan fingerprint density at radius 1 is 1.19 bits per heavy atom. The van der Waals surface area contributed by atoms with Crippen LogP contribution >= 0.6 is 0 Å². The van der Waals surface area contributed by atoms with Crippen molar-refractivity contribution in [1.29, 1.82) is 0 Å². The van der Waals surface area contributed by atoms with Crippen LogP contribution in [0.25, 0.3) is 11.1 Å². The fraction of sp³-hybridized carbons (Fsp3) is 0.143. The minimum absolute atomic E-state index is 0.0184. The van der Waals surface area contributed by atoms with Gasteiger partial charge >= 0.3 is 12.1 Å². The highest BCUT2D eigenvalue weighted by molar-refractivity contribution is 5.68. The predicted molar refractivity (Wildman–Crippen MR) is 68.8 cm³/mol. The van der Waals surface area contributed by atoms with Gasteiger partial charge < -0.3 is 9.67 Å². The maximum atomic E-state index is 12.9. The first kappa shape index (κ1) is 14.8. The molecule has 0 radical (unpaired) electrons. The molecule has 0 bridgehead atoms. The lowest BCUT2D eigenvalue weighted by Gasteiger charge is -2.15. The third kappa shape index (κ3) is 3.31. The summed E-state index contributed by atoms with van der Waals surface area (Å²) in [6, 6.07) is 8.51. The van der Waals surface area contributed by atoms with Crippen LogP contribution < -0.4 is 5.43 Å². The molecule has 2 aromatic rings. The summed E-state index contributed by atoms with van der Waals surface area (Å²) in [6.07, 6.45) is -3.88. The fourth-order valence-electron chi connectivity index (χ4n) is 1.93. The highest BCUT2D eigenvalue weighted by Gasteiger charge is 2.35. The van der Waals surface area contributed by atoms with E-state index >= 15 is 0 Å². The van der Waals surface area contributed by atoms with Crippen LogP contribution in [0.5, 0.6) is 0 Å². The third-order valence-electron chi connectivity index (χ3n) is 2.81. The molecule has 0 saturated carbocycles. The fourth-order valence-corrected chi connectivity index (χ4v) is 1.93. The Kier molecular flexibility index (Phi) is 3.84. The van der Waals surface area contributed by atoms with E-state index in [9.17, 15) is 22.8 Å². The second-order valence-electron chi connectivity index (χ2n) is 4.32. The summed E-state index contributed by atoms with van der Waals surface area (Å²) >= 11 is 0. The van der Waals surface area contributed by atoms with E-state index in [0.29, 0.717) is 16.2 Å². The zero-order valence-corrected chi connectivity index (χ0v) is 10.6. The van der Waals surface area contributed by atoms with Crippen molar-refractivity contribution >= 4 is 5.97 Å². The molecule has 1 N–H and O–H groups in total. The van der Waals surface area contributed by atoms with Crippen LogP contribution in [0.1, 0.15) is 5.69 Å². The first-order chi connectivity index (χ1) is 9.79. The number of hydrogen-bond donors (Lipinski definition) is 1. The molecule has 0 fully saturated rings. The third-order valence-corrected chi connectivity index (χ3v) is 2.81. The van der Waals surface area contributed by atoms with Gasteiger partial charge in [-0.15, -0.1) is 0 Å². The molecule has 2 rings (SSSR count). The minimum Gasteiger partial charge on any atom is -0.480 e. The van der Waals surface area contributed by atoms with E-state index in [1.54, 1.807) is 30.3 Å². The number of carbonyl (C=O) groups is 1. The molecular weight excluding hydrogens is 287 g/mol. The molecule has 0 unspecified atom stereocenters. The Labute approximate surface area is 117 Å². The van der Waals surface area contributed by atoms with Gasteiger partial charge in [-0.05, 0) is 5.56 Å². The van der Waals surface area contributed by atoms with Crippen molar-refractivity contribution in [2.75, 3.05) is 0 Å². The first-order valence-corrected chi connectivity index (χ1v) is 5.88. The van der Waals surface area contributed by atoms with Crippen molar-refractivity contribution in [3.8, 4) is 11.1 Å². The largest absolute Gasteiger partial charge is 0.480 e. The molecule has 1 heterocycles. The molecule has 0 saturated heterocycles. The van der Waals surface area contributed by atoms with Crippen LogP contribution in [0.3, 0.4) is 0 Å². The van der Waals surface area contributed by atoms with E-state index in [-0.39, 0.29) is 5.56 Å². The number of pyridine rings is 1. The number of aliphatic carboxylic acids is 1. The standard InChI is InChI=1S/C14H10F3NO3/c15-14(16,17)12-6-11(19)10(7-18(12)8-13(20)21)9-4-2-1-3-5-9/h1-7H,8H2,(H,20,21). The average molecular weight is 297 g/mol. The summed E-state index contributed by atoms with van der Waals surface area (Å²) in [4.78, 5) is 22.6. The van der Waals surface area contributed by atoms with Crippen molar-refractivity contribution in [1.82, 2.24) is 4.57 Å². The van der Waals surface area contributed by atoms with Crippen LogP contribution in [-0.2, 0) is 17.5 Å². The Morgan fingerprint density at radius 2 is 1.81 bits per heavy atom. The molecule has 1 aromatic heterocycles. The van der Waals surface area contributed by atoms with Gasteiger partial charge in [0.1, 0.15) is 12.2 Å². The van der Waals surface area contributed by atoms with Crippen molar-refractivity contribution in [2.24, 2.45) is 0 Å². The number of carboxylic acid groups (broad SMARTS) is 1. The Balaban J connectivity index is 2.66. The summed E-state index contributed by atoms with van der Waals surface area (Å²) in [5.74, 6) is -1.43. The van der Waals surface area contributed by atoms with E-state index in [1.807, 2.05) is 0 Å². The highest BCUT2D eigenvalue weighted by Crippen LogP contribution is 2.29. The number of nitrogens with zero attached hydrogens (tertiary/aromatic N) is 1. The predicted octanol–water partition coefficient (Wildman–Crippen LogP) is 2.62. The Bertz CT molecular complexity index is 720. The van der Waals surface area contributed by atoms with Crippen LogP contribution in [0.15, 0.2) is 47.4 Å². The molecule has 0 atom stereocenters. The topological polar surface area (TPSA) is 59.3 Å². The van der Waals surface area contributed by atoms with Gasteiger partial charge in [0.25, 0.3) is 0 Å². The van der Waals surface area contributed by atoms with Gasteiger partial charge in [-0.25, -0.2) is 0 Å². The zero-order chi connectivity index (χ0) is 15.6. The van der Waals surface area contributed by atoms with Gasteiger partial charge in [-0.2, -0.15) is 13.2 Å². The second kappa shape index (κ2) is 5.43. The normalized spacial score (nSPS) is 11.4. The number of alkyl halides is 3. The number of benzene rings is 1. The van der Waals surface area contributed by atoms with Gasteiger partial charge in [-0.1, -0.05) is 30.3 Å². The number of carboxylic acids is 1. The quantitative estimate of drug-likeness (QED) is 0.947. The Hall–Kier alpha value is -2.57. The summed E-state index contributed by atoms with van der Waals surface area (Å²) in [5.41, 5.74) is -1.65. The lowest BCUT2D eigenvalue weighted by molar-refractivity contribution is -0.146. The minimum atomic E-state index is -4.80. The molecule has 21 heavy (non-hydrogen) atoms. The average Bonchev–Trinajstić information content (AvgIpc) is 2.39. The SMILES string of the molecule is O=C(O)Cn1cc(-c2ccccc2)c(=O)cc1C(F)(F)F. The molecule has 7 heteroatoms. The van der Waals surface area contributed by atoms with E-state index in [4.69, 9.17) is 5.11 Å². The lowest BCUT2D eigenvalue weighted by Crippen LogP contribution is -2.24. The maximum Gasteiger partial charge on any atom is 0.431 e. The van der Waals surface area contributed by atoms with Crippen LogP contribution in [0, 0.1) is 0 Å². The monoisotopic (exact) mass is 297 g/mol. The van der Waals surface area contributed by atoms with E-state index in [1.165, 1.54) is 0 Å². The first-order valence-electron chi connectivity index (χ1n) is 5.88. The molecule has 4 nitrogen and oxygen atoms in total. The van der Waals surface area contributed by atoms with Crippen LogP contribution in [-0.4, -0.2) is 15.6 Å². The number of aromatic nitrogens is 1. The van der Waals surface area contributed by atoms with E-state index < -0.39 is 29.8 Å². The van der Waals surface area contributed by atoms with Crippen LogP contribution in [0.2, 0.25) is 0 Å². The zero-order valence-electron chi connectivity index (χ0n) is 10.6. The van der Waals surface area contributed by atoms with Crippen molar-refractivity contribution in [2.45, 2.75) is 12.7 Å². The molecule has 110 valence electrons. The summed E-state index contributed by atoms with van der Waals surface area (Å²) < 4.78 is 39.1. The van der Waals surface area contributed by atoms with Gasteiger partial charge in [0.15, 0.2) is 5.43 Å². The molecular formula is C14H10F3NO3. The summed E-state index contributed by atoms with van der Waals surface area (Å²) in [5, 5.41) is 8.72. The number of rotatable bonds is 3. The van der Waals surface area contributed by atoms with Gasteiger partial charge in [0.2, 0.25) is 0 Å². The maximum absolute atomic E-state index is 12.9. The molecule has 1 aromatic carbocycles. The lowest BCUT2D eigenvalue weighted by atomic mass is 10.1. The molecule has 0 aliphatic carbocycles. The Morgan fingerprint density at radius 3 is 2.33 bits per heavy atom. The van der Waals surface area contributed by atoms with Crippen LogP contribution in [0.4, 0.5) is 13.2 Å². The van der Waals surface area contributed by atoms with Crippen molar-refractivity contribution < 1.29 is 23.1 Å². The molecule has 0 aliphatic rings. The summed E-state index contributed by atoms with van der Waals surface area (Å²) in [7, 11) is 0. The smallest absolute Gasteiger partial charge is 0.431 e. The van der Waals surface area contributed by atoms with E-state index in [0.717, 1.165) is 6.20 Å². The second-order valence-corrected chi connectivity index (χ2v) is 4.32. The highest BCUT2D eigenvalue weighted by atomic mass is 19.4. The van der Waals surface area contributed by atoms with Gasteiger partial charge in [0.05, 0.1) is 0 Å². The van der Waals surface area contributed by atoms with Gasteiger partial charge in [-0.3, -0.25) is 9.59 Å². The van der Waals surface area contributed by atoms with Gasteiger partial charge in [0, 0.05) is 17.8 Å². The van der Waals surface area contributed by atoms with Crippen molar-refractivity contribution in [3.05, 3.63) is 58.5 Å². The van der Waals surface area contributed by atoms with E-state index in [2.05, 4.69) is 0 Å². The number of halogens is 3. The molecule has 0 aliphatic heterocycles. The van der Waals surface area contributed by atoms with Crippen molar-refractivity contribution in [3.63, 3.8) is 0 Å². The molecule has 0 spiro atoms. The molecule has 0 amide bonds. The summed E-state index contributed by atoms with van der Waals surface area (Å²) in [6.45, 7) is -0.880.